The SMILES string of the molecule is CCCCCCCCCCC(CCC(=O)c1ccc(C(=O)c2ccccc2)cc1)CCC(CCCCCC)CCC(=O)c1ccc(C(=O)c2ccccc2)cc1.CCCCCCCCCCCCCCCCCCCCCCC. The normalized spacial score (nSPS) is 11.9. The van der Waals surface area contributed by atoms with Crippen molar-refractivity contribution in [3.8, 4) is 0 Å². The van der Waals surface area contributed by atoms with Gasteiger partial charge in [-0.1, -0.05) is 374 Å². The van der Waals surface area contributed by atoms with Crippen molar-refractivity contribution in [2.24, 2.45) is 11.8 Å². The van der Waals surface area contributed by atoms with Crippen LogP contribution in [-0.2, 0) is 0 Å². The summed E-state index contributed by atoms with van der Waals surface area (Å²) in [4.78, 5) is 52.6. The average molecular weight is 1080 g/mol. The van der Waals surface area contributed by atoms with Gasteiger partial charge in [0, 0.05) is 46.2 Å². The van der Waals surface area contributed by atoms with Crippen molar-refractivity contribution in [3.05, 3.63) is 143 Å². The number of ketones is 4. The molecule has 0 spiro atoms. The largest absolute Gasteiger partial charge is 0.294 e. The van der Waals surface area contributed by atoms with Crippen LogP contribution in [0.4, 0.5) is 0 Å². The fourth-order valence-electron chi connectivity index (χ4n) is 11.4. The van der Waals surface area contributed by atoms with E-state index >= 15 is 0 Å². The molecule has 2 atom stereocenters. The minimum atomic E-state index is -0.0341. The van der Waals surface area contributed by atoms with Crippen LogP contribution in [-0.4, -0.2) is 23.1 Å². The van der Waals surface area contributed by atoms with E-state index in [-0.39, 0.29) is 23.1 Å². The van der Waals surface area contributed by atoms with Crippen molar-refractivity contribution in [1.29, 1.82) is 0 Å². The van der Waals surface area contributed by atoms with Crippen LogP contribution in [0, 0.1) is 11.8 Å². The Balaban J connectivity index is 0.000000599. The van der Waals surface area contributed by atoms with E-state index in [1.54, 1.807) is 36.4 Å². The van der Waals surface area contributed by atoms with E-state index in [1.807, 2.05) is 72.8 Å². The number of hydrogen-bond acceptors (Lipinski definition) is 4. The van der Waals surface area contributed by atoms with Gasteiger partial charge in [0.05, 0.1) is 0 Å². The van der Waals surface area contributed by atoms with Gasteiger partial charge >= 0.3 is 0 Å². The summed E-state index contributed by atoms with van der Waals surface area (Å²) >= 11 is 0. The van der Waals surface area contributed by atoms with Crippen LogP contribution in [0.3, 0.4) is 0 Å². The Bertz CT molecular complexity index is 2070. The third kappa shape index (κ3) is 33.2. The molecule has 0 saturated heterocycles. The second-order valence-electron chi connectivity index (χ2n) is 23.6. The molecule has 4 rings (SSSR count). The zero-order valence-electron chi connectivity index (χ0n) is 51.2. The fourth-order valence-corrected chi connectivity index (χ4v) is 11.4. The first-order valence-electron chi connectivity index (χ1n) is 33.3. The maximum Gasteiger partial charge on any atom is 0.193 e. The summed E-state index contributed by atoms with van der Waals surface area (Å²) in [7, 11) is 0. The molecule has 4 aromatic carbocycles. The highest BCUT2D eigenvalue weighted by Crippen LogP contribution is 2.30. The zero-order valence-corrected chi connectivity index (χ0v) is 51.2. The molecule has 0 bridgehead atoms. The number of rotatable bonds is 49. The van der Waals surface area contributed by atoms with Gasteiger partial charge in [-0.3, -0.25) is 19.2 Å². The molecule has 0 aliphatic carbocycles. The minimum Gasteiger partial charge on any atom is -0.294 e. The van der Waals surface area contributed by atoms with Crippen molar-refractivity contribution >= 4 is 23.1 Å². The molecule has 0 heterocycles. The Labute approximate surface area is 485 Å². The van der Waals surface area contributed by atoms with Crippen LogP contribution in [0.25, 0.3) is 0 Å². The smallest absolute Gasteiger partial charge is 0.193 e. The first-order valence-corrected chi connectivity index (χ1v) is 33.3. The van der Waals surface area contributed by atoms with E-state index in [0.29, 0.717) is 58.1 Å². The summed E-state index contributed by atoms with van der Waals surface area (Å²) in [5.74, 6) is 1.16. The lowest BCUT2D eigenvalue weighted by molar-refractivity contribution is 0.0958. The molecule has 0 N–H and O–H groups in total. The third-order valence-corrected chi connectivity index (χ3v) is 16.7. The van der Waals surface area contributed by atoms with E-state index in [0.717, 1.165) is 38.5 Å². The molecule has 79 heavy (non-hydrogen) atoms. The summed E-state index contributed by atoms with van der Waals surface area (Å²) in [6.45, 7) is 9.10. The number of Topliss-reactive ketones (excluding diaryl/α,β-unsaturated/α-hetero) is 2. The molecular weight excluding hydrogens is 965 g/mol. The van der Waals surface area contributed by atoms with Gasteiger partial charge in [0.1, 0.15) is 0 Å². The van der Waals surface area contributed by atoms with Gasteiger partial charge in [-0.05, 0) is 24.7 Å². The molecule has 0 radical (unpaired) electrons. The Morgan fingerprint density at radius 3 is 0.722 bits per heavy atom. The van der Waals surface area contributed by atoms with Crippen molar-refractivity contribution in [1.82, 2.24) is 0 Å². The summed E-state index contributed by atoms with van der Waals surface area (Å²) in [6.07, 6.45) is 53.3. The Kier molecular flexibility index (Phi) is 41.1. The lowest BCUT2D eigenvalue weighted by atomic mass is 9.83. The molecule has 0 saturated carbocycles. The van der Waals surface area contributed by atoms with E-state index in [2.05, 4.69) is 27.7 Å². The predicted octanol–water partition coefficient (Wildman–Crippen LogP) is 23.5. The number of unbranched alkanes of at least 4 members (excludes halogenated alkanes) is 30. The molecular formula is C75H114O4. The molecule has 4 heteroatoms. The van der Waals surface area contributed by atoms with Crippen molar-refractivity contribution in [3.63, 3.8) is 0 Å². The molecule has 0 aromatic heterocycles. The summed E-state index contributed by atoms with van der Waals surface area (Å²) < 4.78 is 0. The second kappa shape index (κ2) is 47.2. The lowest BCUT2D eigenvalue weighted by Crippen LogP contribution is -2.11. The molecule has 0 fully saturated rings. The minimum absolute atomic E-state index is 0.0331. The van der Waals surface area contributed by atoms with Gasteiger partial charge in [0.25, 0.3) is 0 Å². The molecule has 0 aliphatic heterocycles. The van der Waals surface area contributed by atoms with Gasteiger partial charge in [0.2, 0.25) is 0 Å². The van der Waals surface area contributed by atoms with E-state index in [9.17, 15) is 19.2 Å². The molecule has 4 nitrogen and oxygen atoms in total. The van der Waals surface area contributed by atoms with Crippen LogP contribution < -0.4 is 0 Å². The van der Waals surface area contributed by atoms with E-state index in [1.165, 1.54) is 212 Å². The summed E-state index contributed by atoms with van der Waals surface area (Å²) in [6, 6.07) is 32.9. The van der Waals surface area contributed by atoms with Crippen LogP contribution in [0.2, 0.25) is 0 Å². The summed E-state index contributed by atoms with van der Waals surface area (Å²) in [5.41, 5.74) is 3.83. The standard InChI is InChI=1S/C52H66O4.C23H48/c1-3-5-7-9-10-11-12-16-22-42(30-40-50(54)44-33-37-48(38-34-44)52(56)46-25-19-14-20-26-46)28-27-41(21-15-8-6-4-2)29-39-49(53)43-31-35-47(36-32-43)51(55)45-23-17-13-18-24-45;1-3-5-7-9-11-13-15-17-19-21-23-22-20-18-16-14-12-10-8-6-4-2/h13-14,17-20,23-26,31-38,41-42H,3-12,15-16,21-22,27-30,39-40H2,1-2H3;3-23H2,1-2H3. The fraction of sp³-hybridized carbons (Fsp3) is 0.627. The lowest BCUT2D eigenvalue weighted by Gasteiger charge is -2.22. The predicted molar refractivity (Wildman–Crippen MR) is 340 cm³/mol. The highest BCUT2D eigenvalue weighted by molar-refractivity contribution is 6.10. The van der Waals surface area contributed by atoms with E-state index in [4.69, 9.17) is 0 Å². The zero-order chi connectivity index (χ0) is 56.6. The number of carbonyl (C=O) groups excluding carboxylic acids is 4. The quantitative estimate of drug-likeness (QED) is 0.0326. The van der Waals surface area contributed by atoms with Crippen molar-refractivity contribution in [2.75, 3.05) is 0 Å². The molecule has 438 valence electrons. The number of benzene rings is 4. The van der Waals surface area contributed by atoms with Crippen molar-refractivity contribution in [2.45, 2.75) is 291 Å². The summed E-state index contributed by atoms with van der Waals surface area (Å²) in [5, 5.41) is 0. The molecule has 0 amide bonds. The number of hydrogen-bond donors (Lipinski definition) is 0. The van der Waals surface area contributed by atoms with Gasteiger partial charge < -0.3 is 0 Å². The average Bonchev–Trinajstić information content (AvgIpc) is 3.50. The molecule has 2 unspecified atom stereocenters. The van der Waals surface area contributed by atoms with Crippen LogP contribution in [0.15, 0.2) is 109 Å². The first-order chi connectivity index (χ1) is 38.8. The van der Waals surface area contributed by atoms with Crippen LogP contribution >= 0.6 is 0 Å². The maximum atomic E-state index is 13.4. The monoisotopic (exact) mass is 1080 g/mol. The van der Waals surface area contributed by atoms with Crippen molar-refractivity contribution < 1.29 is 19.2 Å². The van der Waals surface area contributed by atoms with E-state index < -0.39 is 0 Å². The van der Waals surface area contributed by atoms with Gasteiger partial charge in [-0.2, -0.15) is 0 Å². The Hall–Kier alpha value is -4.44. The Morgan fingerprint density at radius 1 is 0.241 bits per heavy atom. The maximum absolute atomic E-state index is 13.4. The topological polar surface area (TPSA) is 68.3 Å². The molecule has 0 aliphatic rings. The highest BCUT2D eigenvalue weighted by atomic mass is 16.1. The number of carbonyl (C=O) groups is 4. The first kappa shape index (κ1) is 68.8. The van der Waals surface area contributed by atoms with Gasteiger partial charge in [-0.15, -0.1) is 0 Å². The van der Waals surface area contributed by atoms with Crippen LogP contribution in [0.1, 0.15) is 344 Å². The highest BCUT2D eigenvalue weighted by Gasteiger charge is 2.19. The second-order valence-corrected chi connectivity index (χ2v) is 23.6. The van der Waals surface area contributed by atoms with Gasteiger partial charge in [-0.25, -0.2) is 0 Å². The third-order valence-electron chi connectivity index (χ3n) is 16.7. The Morgan fingerprint density at radius 2 is 0.456 bits per heavy atom. The molecule has 4 aromatic rings. The van der Waals surface area contributed by atoms with Gasteiger partial charge in [0.15, 0.2) is 23.1 Å². The van der Waals surface area contributed by atoms with Crippen LogP contribution in [0.5, 0.6) is 0 Å².